The molecule has 2 N–H and O–H groups in total. The van der Waals surface area contributed by atoms with E-state index < -0.39 is 0 Å². The van der Waals surface area contributed by atoms with Crippen LogP contribution in [0.25, 0.3) is 0 Å². The van der Waals surface area contributed by atoms with Crippen molar-refractivity contribution in [3.8, 4) is 5.75 Å². The molecule has 1 heterocycles. The number of carbonyl (C=O) groups is 1. The zero-order valence-corrected chi connectivity index (χ0v) is 14.6. The highest BCUT2D eigenvalue weighted by atomic mass is 35.5. The second-order valence-corrected chi connectivity index (χ2v) is 6.35. The molecule has 1 aliphatic heterocycles. The fraction of sp³-hybridized carbons (Fsp3) is 0.562. The molecule has 0 saturated carbocycles. The summed E-state index contributed by atoms with van der Waals surface area (Å²) in [6, 6.07) is 8.22. The van der Waals surface area contributed by atoms with Gasteiger partial charge in [-0.2, -0.15) is 11.8 Å². The van der Waals surface area contributed by atoms with Gasteiger partial charge in [-0.1, -0.05) is 19.1 Å². The Morgan fingerprint density at radius 1 is 1.41 bits per heavy atom. The van der Waals surface area contributed by atoms with E-state index in [1.807, 2.05) is 36.0 Å². The average Bonchev–Trinajstić information content (AvgIpc) is 2.53. The number of carbonyl (C=O) groups excluding carboxylic acids is 1. The van der Waals surface area contributed by atoms with Gasteiger partial charge in [-0.3, -0.25) is 4.79 Å². The maximum atomic E-state index is 11.9. The molecule has 1 unspecified atom stereocenters. The lowest BCUT2D eigenvalue weighted by Crippen LogP contribution is -2.41. The van der Waals surface area contributed by atoms with Crippen molar-refractivity contribution in [3.05, 3.63) is 29.8 Å². The Labute approximate surface area is 143 Å². The molecular weight excluding hydrogens is 320 g/mol. The maximum absolute atomic E-state index is 11.9. The average molecular weight is 345 g/mol. The molecular formula is C16H25ClN2O2S. The third-order valence-corrected chi connectivity index (χ3v) is 4.45. The first-order valence-electron chi connectivity index (χ1n) is 7.57. The first kappa shape index (κ1) is 19.1. The van der Waals surface area contributed by atoms with Crippen LogP contribution in [-0.4, -0.2) is 36.6 Å². The van der Waals surface area contributed by atoms with E-state index in [0.717, 1.165) is 42.4 Å². The molecule has 0 aromatic heterocycles. The van der Waals surface area contributed by atoms with E-state index >= 15 is 0 Å². The van der Waals surface area contributed by atoms with Crippen molar-refractivity contribution in [1.82, 2.24) is 10.6 Å². The largest absolute Gasteiger partial charge is 0.494 e. The Kier molecular flexibility index (Phi) is 9.36. The molecule has 1 aromatic rings. The van der Waals surface area contributed by atoms with Crippen LogP contribution in [0.5, 0.6) is 5.75 Å². The van der Waals surface area contributed by atoms with Crippen LogP contribution in [0.15, 0.2) is 24.3 Å². The molecule has 1 saturated heterocycles. The van der Waals surface area contributed by atoms with E-state index in [0.29, 0.717) is 19.0 Å². The number of halogens is 1. The molecule has 6 heteroatoms. The van der Waals surface area contributed by atoms with E-state index in [1.54, 1.807) is 0 Å². The molecule has 0 spiro atoms. The van der Waals surface area contributed by atoms with Crippen LogP contribution in [-0.2, 0) is 11.3 Å². The van der Waals surface area contributed by atoms with E-state index in [-0.39, 0.29) is 18.3 Å². The zero-order chi connectivity index (χ0) is 14.9. The quantitative estimate of drug-likeness (QED) is 0.798. The molecule has 124 valence electrons. The molecule has 1 fully saturated rings. The first-order chi connectivity index (χ1) is 10.3. The van der Waals surface area contributed by atoms with Crippen LogP contribution in [0.3, 0.4) is 0 Å². The standard InChI is InChI=1S/C16H24N2O2S.ClH/c1-2-8-20-15-5-3-13(4-6-15)11-18-16(19)10-14-12-21-9-7-17-14;/h3-6,14,17H,2,7-12H2,1H3,(H,18,19);1H. The summed E-state index contributed by atoms with van der Waals surface area (Å²) in [7, 11) is 0. The van der Waals surface area contributed by atoms with Gasteiger partial charge in [0.1, 0.15) is 5.75 Å². The van der Waals surface area contributed by atoms with Crippen molar-refractivity contribution in [3.63, 3.8) is 0 Å². The molecule has 1 aromatic carbocycles. The van der Waals surface area contributed by atoms with Crippen molar-refractivity contribution in [1.29, 1.82) is 0 Å². The van der Waals surface area contributed by atoms with Crippen LogP contribution in [0.4, 0.5) is 0 Å². The molecule has 4 nitrogen and oxygen atoms in total. The summed E-state index contributed by atoms with van der Waals surface area (Å²) in [5.74, 6) is 3.17. The highest BCUT2D eigenvalue weighted by molar-refractivity contribution is 7.99. The van der Waals surface area contributed by atoms with Gasteiger partial charge in [-0.15, -0.1) is 12.4 Å². The molecule has 2 rings (SSSR count). The Hall–Kier alpha value is -0.910. The van der Waals surface area contributed by atoms with Gasteiger partial charge in [0, 0.05) is 37.1 Å². The second-order valence-electron chi connectivity index (χ2n) is 5.20. The Morgan fingerprint density at radius 3 is 2.82 bits per heavy atom. The summed E-state index contributed by atoms with van der Waals surface area (Å²) in [5.41, 5.74) is 1.10. The molecule has 1 aliphatic rings. The van der Waals surface area contributed by atoms with Gasteiger partial charge in [0.2, 0.25) is 5.91 Å². The predicted octanol–water partition coefficient (Wildman–Crippen LogP) is 2.61. The second kappa shape index (κ2) is 10.8. The van der Waals surface area contributed by atoms with Crippen LogP contribution >= 0.6 is 24.2 Å². The molecule has 1 amide bonds. The summed E-state index contributed by atoms with van der Waals surface area (Å²) in [4.78, 5) is 11.9. The normalized spacial score (nSPS) is 17.4. The summed E-state index contributed by atoms with van der Waals surface area (Å²) in [5, 5.41) is 6.36. The predicted molar refractivity (Wildman–Crippen MR) is 95.1 cm³/mol. The number of nitrogens with one attached hydrogen (secondary N) is 2. The SMILES string of the molecule is CCCOc1ccc(CNC(=O)CC2CSCCN2)cc1.Cl. The van der Waals surface area contributed by atoms with Crippen molar-refractivity contribution in [2.45, 2.75) is 32.4 Å². The maximum Gasteiger partial charge on any atom is 0.221 e. The molecule has 22 heavy (non-hydrogen) atoms. The van der Waals surface area contributed by atoms with Crippen LogP contribution in [0.2, 0.25) is 0 Å². The smallest absolute Gasteiger partial charge is 0.221 e. The van der Waals surface area contributed by atoms with Gasteiger partial charge in [0.05, 0.1) is 6.61 Å². The Bertz CT molecular complexity index is 436. The highest BCUT2D eigenvalue weighted by Gasteiger charge is 2.16. The Balaban J connectivity index is 0.00000242. The molecule has 1 atom stereocenters. The summed E-state index contributed by atoms with van der Waals surface area (Å²) >= 11 is 1.91. The van der Waals surface area contributed by atoms with Gasteiger partial charge in [-0.25, -0.2) is 0 Å². The number of benzene rings is 1. The molecule has 0 radical (unpaired) electrons. The summed E-state index contributed by atoms with van der Waals surface area (Å²) < 4.78 is 5.54. The summed E-state index contributed by atoms with van der Waals surface area (Å²) in [6.07, 6.45) is 1.57. The topological polar surface area (TPSA) is 50.4 Å². The third-order valence-electron chi connectivity index (χ3n) is 3.32. The Morgan fingerprint density at radius 2 is 2.18 bits per heavy atom. The minimum absolute atomic E-state index is 0. The lowest BCUT2D eigenvalue weighted by molar-refractivity contribution is -0.121. The number of hydrogen-bond acceptors (Lipinski definition) is 4. The van der Waals surface area contributed by atoms with Crippen molar-refractivity contribution in [2.75, 3.05) is 24.7 Å². The van der Waals surface area contributed by atoms with Gasteiger partial charge in [0.15, 0.2) is 0 Å². The van der Waals surface area contributed by atoms with Crippen molar-refractivity contribution < 1.29 is 9.53 Å². The van der Waals surface area contributed by atoms with Gasteiger partial charge in [-0.05, 0) is 24.1 Å². The lowest BCUT2D eigenvalue weighted by atomic mass is 10.2. The molecule has 0 aliphatic carbocycles. The number of rotatable bonds is 7. The minimum atomic E-state index is 0. The monoisotopic (exact) mass is 344 g/mol. The minimum Gasteiger partial charge on any atom is -0.494 e. The number of ether oxygens (including phenoxy) is 1. The number of thioether (sulfide) groups is 1. The van der Waals surface area contributed by atoms with Crippen LogP contribution in [0.1, 0.15) is 25.3 Å². The van der Waals surface area contributed by atoms with E-state index in [9.17, 15) is 4.79 Å². The van der Waals surface area contributed by atoms with Crippen molar-refractivity contribution in [2.24, 2.45) is 0 Å². The van der Waals surface area contributed by atoms with Crippen LogP contribution < -0.4 is 15.4 Å². The summed E-state index contributed by atoms with van der Waals surface area (Å²) in [6.45, 7) is 4.40. The van der Waals surface area contributed by atoms with Gasteiger partial charge < -0.3 is 15.4 Å². The first-order valence-corrected chi connectivity index (χ1v) is 8.73. The van der Waals surface area contributed by atoms with Gasteiger partial charge in [0.25, 0.3) is 0 Å². The third kappa shape index (κ3) is 6.90. The van der Waals surface area contributed by atoms with E-state index in [2.05, 4.69) is 17.6 Å². The van der Waals surface area contributed by atoms with E-state index in [1.165, 1.54) is 0 Å². The molecule has 0 bridgehead atoms. The highest BCUT2D eigenvalue weighted by Crippen LogP contribution is 2.13. The zero-order valence-electron chi connectivity index (χ0n) is 13.0. The fourth-order valence-electron chi connectivity index (χ4n) is 2.17. The van der Waals surface area contributed by atoms with Crippen LogP contribution in [0, 0.1) is 0 Å². The van der Waals surface area contributed by atoms with Crippen molar-refractivity contribution >= 4 is 30.1 Å². The van der Waals surface area contributed by atoms with E-state index in [4.69, 9.17) is 4.74 Å². The lowest BCUT2D eigenvalue weighted by Gasteiger charge is -2.22. The number of hydrogen-bond donors (Lipinski definition) is 2. The fourth-order valence-corrected chi connectivity index (χ4v) is 3.12. The number of amides is 1. The van der Waals surface area contributed by atoms with Gasteiger partial charge >= 0.3 is 0 Å².